The smallest absolute Gasteiger partial charge is 0.459 e. The van der Waals surface area contributed by atoms with Crippen LogP contribution in [0.1, 0.15) is 27.0 Å². The molecule has 1 aromatic carbocycles. The monoisotopic (exact) mass is 663 g/mol. The molecule has 2 aromatic heterocycles. The molecule has 1 unspecified atom stereocenters. The van der Waals surface area contributed by atoms with E-state index in [0.717, 1.165) is 0 Å². The van der Waals surface area contributed by atoms with Crippen LogP contribution in [-0.2, 0) is 23.4 Å². The summed E-state index contributed by atoms with van der Waals surface area (Å²) in [5, 5.41) is 13.9. The molecule has 4 N–H and O–H groups in total. The van der Waals surface area contributed by atoms with Crippen molar-refractivity contribution >= 4 is 53.2 Å². The van der Waals surface area contributed by atoms with Gasteiger partial charge in [0.25, 0.3) is 0 Å². The number of nitrogen functional groups attached to an aromatic ring is 1. The summed E-state index contributed by atoms with van der Waals surface area (Å²) >= 11 is 2.03. The molecule has 4 rings (SSSR count). The molecular formula is C23H28FIN5O7P. The Morgan fingerprint density at radius 2 is 2.11 bits per heavy atom. The molecule has 206 valence electrons. The largest absolute Gasteiger partial charge is 0.465 e. The first-order valence-corrected chi connectivity index (χ1v) is 14.3. The molecule has 1 aliphatic heterocycles. The van der Waals surface area contributed by atoms with Gasteiger partial charge < -0.3 is 29.4 Å². The van der Waals surface area contributed by atoms with Crippen LogP contribution in [0.4, 0.5) is 10.2 Å². The minimum absolute atomic E-state index is 0.123. The second-order valence-corrected chi connectivity index (χ2v) is 11.6. The number of carbonyl (C=O) groups excluding carboxylic acids is 1. The Kier molecular flexibility index (Phi) is 8.59. The lowest BCUT2D eigenvalue weighted by Crippen LogP contribution is -2.41. The lowest BCUT2D eigenvalue weighted by atomic mass is 9.98. The molecule has 6 atom stereocenters. The maximum atomic E-state index is 15.9. The van der Waals surface area contributed by atoms with E-state index in [4.69, 9.17) is 24.3 Å². The third-order valence-corrected chi connectivity index (χ3v) is 8.39. The van der Waals surface area contributed by atoms with Crippen molar-refractivity contribution in [3.63, 3.8) is 0 Å². The number of nitrogens with one attached hydrogen (secondary N) is 1. The Morgan fingerprint density at radius 3 is 2.79 bits per heavy atom. The van der Waals surface area contributed by atoms with Crippen molar-refractivity contribution in [1.82, 2.24) is 19.6 Å². The summed E-state index contributed by atoms with van der Waals surface area (Å²) in [6, 6.07) is 7.11. The maximum Gasteiger partial charge on any atom is 0.459 e. The number of aliphatic hydroxyl groups excluding tert-OH is 1. The zero-order chi connectivity index (χ0) is 27.7. The number of hydrogen-bond acceptors (Lipinski definition) is 10. The van der Waals surface area contributed by atoms with E-state index in [0.29, 0.717) is 14.6 Å². The number of ether oxygens (including phenoxy) is 2. The number of fused-ring (bicyclic) bond motifs is 1. The van der Waals surface area contributed by atoms with E-state index in [1.807, 2.05) is 22.6 Å². The molecule has 1 saturated heterocycles. The van der Waals surface area contributed by atoms with Crippen molar-refractivity contribution in [2.24, 2.45) is 0 Å². The van der Waals surface area contributed by atoms with Crippen LogP contribution in [0.5, 0.6) is 5.75 Å². The van der Waals surface area contributed by atoms with Crippen LogP contribution in [-0.4, -0.2) is 62.7 Å². The Labute approximate surface area is 231 Å². The number of nitrogens with two attached hydrogens (primary N) is 1. The third kappa shape index (κ3) is 5.80. The molecule has 3 heterocycles. The highest BCUT2D eigenvalue weighted by Crippen LogP contribution is 2.48. The molecule has 0 amide bonds. The Balaban J connectivity index is 1.56. The second-order valence-electron chi connectivity index (χ2n) is 8.77. The normalized spacial score (nSPS) is 25.7. The second kappa shape index (κ2) is 11.4. The van der Waals surface area contributed by atoms with Crippen molar-refractivity contribution in [1.29, 1.82) is 0 Å². The molecule has 0 bridgehead atoms. The molecule has 1 fully saturated rings. The molecule has 0 spiro atoms. The molecule has 0 radical (unpaired) electrons. The number of carbonyl (C=O) groups is 1. The van der Waals surface area contributed by atoms with Crippen molar-refractivity contribution in [3.8, 4) is 5.75 Å². The summed E-state index contributed by atoms with van der Waals surface area (Å²) in [5.41, 5.74) is 4.01. The van der Waals surface area contributed by atoms with Crippen LogP contribution in [0.25, 0.3) is 11.0 Å². The molecule has 15 heteroatoms. The SMILES string of the molecule is CCOC(=O)[C@H](C)NP(=O)(OC[C@H]1O[C@@H](n2cc(I)c3c(N)ncnc32)[C@](C)(F)[C@@H]1O)Oc1ccccc1. The van der Waals surface area contributed by atoms with Gasteiger partial charge in [-0.2, -0.15) is 5.09 Å². The van der Waals surface area contributed by atoms with E-state index in [9.17, 15) is 14.5 Å². The molecular weight excluding hydrogens is 635 g/mol. The highest BCUT2D eigenvalue weighted by Gasteiger charge is 2.56. The van der Waals surface area contributed by atoms with Gasteiger partial charge in [0.1, 0.15) is 41.8 Å². The topological polar surface area (TPSA) is 160 Å². The fourth-order valence-corrected chi connectivity index (χ4v) is 6.35. The summed E-state index contributed by atoms with van der Waals surface area (Å²) in [6.07, 6.45) is -1.39. The summed E-state index contributed by atoms with van der Waals surface area (Å²) in [5.74, 6) is -0.249. The highest BCUT2D eigenvalue weighted by molar-refractivity contribution is 14.1. The van der Waals surface area contributed by atoms with Gasteiger partial charge >= 0.3 is 13.7 Å². The standard InChI is InChI=1S/C23H28FIN5O7P/c1-4-34-21(32)13(2)29-38(33,37-14-8-6-5-7-9-14)35-11-16-18(31)23(3,24)22(36-16)30-10-15(25)17-19(26)27-12-28-20(17)30/h5-10,12-13,16,18,22,31H,4,11H2,1-3H3,(H,29,33)(H2,26,27,28)/t13-,16+,18+,22+,23+,38?/m0/s1. The summed E-state index contributed by atoms with van der Waals surface area (Å²) in [6.45, 7) is 3.85. The average molecular weight is 663 g/mol. The van der Waals surface area contributed by atoms with Crippen LogP contribution in [0, 0.1) is 3.57 Å². The first kappa shape index (κ1) is 28.6. The minimum Gasteiger partial charge on any atom is -0.465 e. The predicted octanol–water partition coefficient (Wildman–Crippen LogP) is 3.35. The Hall–Kier alpha value is -2.36. The van der Waals surface area contributed by atoms with E-state index in [1.165, 1.54) is 24.7 Å². The summed E-state index contributed by atoms with van der Waals surface area (Å²) < 4.78 is 53.7. The molecule has 12 nitrogen and oxygen atoms in total. The van der Waals surface area contributed by atoms with Crippen LogP contribution in [0.15, 0.2) is 42.9 Å². The number of esters is 1. The van der Waals surface area contributed by atoms with Gasteiger partial charge in [-0.05, 0) is 55.5 Å². The lowest BCUT2D eigenvalue weighted by Gasteiger charge is -2.25. The van der Waals surface area contributed by atoms with Gasteiger partial charge in [0.05, 0.1) is 18.6 Å². The number of hydrogen-bond donors (Lipinski definition) is 3. The van der Waals surface area contributed by atoms with Crippen LogP contribution >= 0.6 is 30.3 Å². The molecule has 0 aliphatic carbocycles. The number of halogens is 2. The van der Waals surface area contributed by atoms with Gasteiger partial charge in [0, 0.05) is 9.77 Å². The number of anilines is 1. The van der Waals surface area contributed by atoms with E-state index >= 15 is 4.39 Å². The average Bonchev–Trinajstić information content (AvgIpc) is 3.32. The number of aromatic nitrogens is 3. The number of nitrogens with zero attached hydrogens (tertiary/aromatic N) is 3. The molecule has 0 saturated carbocycles. The molecule has 38 heavy (non-hydrogen) atoms. The van der Waals surface area contributed by atoms with Gasteiger partial charge in [-0.3, -0.25) is 9.32 Å². The van der Waals surface area contributed by atoms with Gasteiger partial charge in [0.15, 0.2) is 11.9 Å². The van der Waals surface area contributed by atoms with E-state index in [1.54, 1.807) is 43.5 Å². The zero-order valence-corrected chi connectivity index (χ0v) is 23.8. The van der Waals surface area contributed by atoms with E-state index < -0.39 is 50.5 Å². The predicted molar refractivity (Wildman–Crippen MR) is 144 cm³/mol. The zero-order valence-electron chi connectivity index (χ0n) is 20.8. The first-order valence-electron chi connectivity index (χ1n) is 11.7. The van der Waals surface area contributed by atoms with Gasteiger partial charge in [-0.25, -0.2) is 18.9 Å². The van der Waals surface area contributed by atoms with Crippen molar-refractivity contribution in [2.75, 3.05) is 18.9 Å². The van der Waals surface area contributed by atoms with Gasteiger partial charge in [0.2, 0.25) is 0 Å². The Morgan fingerprint density at radius 1 is 1.39 bits per heavy atom. The van der Waals surface area contributed by atoms with Crippen molar-refractivity contribution in [3.05, 3.63) is 46.4 Å². The number of alkyl halides is 1. The highest BCUT2D eigenvalue weighted by atomic mass is 127. The Bertz CT molecular complexity index is 1340. The van der Waals surface area contributed by atoms with Crippen LogP contribution in [0.3, 0.4) is 0 Å². The van der Waals surface area contributed by atoms with Gasteiger partial charge in [-0.15, -0.1) is 0 Å². The first-order chi connectivity index (χ1) is 18.0. The fourth-order valence-electron chi connectivity index (χ4n) is 4.03. The molecule has 1 aliphatic rings. The van der Waals surface area contributed by atoms with E-state index in [-0.39, 0.29) is 18.2 Å². The number of aliphatic hydroxyl groups is 1. The van der Waals surface area contributed by atoms with E-state index in [2.05, 4.69) is 15.1 Å². The number of benzene rings is 1. The summed E-state index contributed by atoms with van der Waals surface area (Å²) in [7, 11) is -4.24. The van der Waals surface area contributed by atoms with Gasteiger partial charge in [-0.1, -0.05) is 18.2 Å². The number of rotatable bonds is 10. The fraction of sp³-hybridized carbons (Fsp3) is 0.435. The number of para-hydroxylation sites is 1. The van der Waals surface area contributed by atoms with Crippen LogP contribution < -0.4 is 15.3 Å². The maximum absolute atomic E-state index is 15.9. The quantitative estimate of drug-likeness (QED) is 0.166. The third-order valence-electron chi connectivity index (χ3n) is 5.93. The van der Waals surface area contributed by atoms with Crippen molar-refractivity contribution in [2.45, 2.75) is 50.9 Å². The molecule has 3 aromatic rings. The lowest BCUT2D eigenvalue weighted by molar-refractivity contribution is -0.144. The summed E-state index contributed by atoms with van der Waals surface area (Å²) in [4.78, 5) is 20.3. The van der Waals surface area contributed by atoms with Crippen LogP contribution in [0.2, 0.25) is 0 Å². The minimum atomic E-state index is -4.24. The van der Waals surface area contributed by atoms with Crippen molar-refractivity contribution < 1.29 is 37.4 Å².